The van der Waals surface area contributed by atoms with Gasteiger partial charge in [-0.3, -0.25) is 4.79 Å². The first-order valence-corrected chi connectivity index (χ1v) is 6.75. The molecule has 0 atom stereocenters. The predicted molar refractivity (Wildman–Crippen MR) is 83.7 cm³/mol. The molecule has 0 unspecified atom stereocenters. The minimum atomic E-state index is -0.310. The van der Waals surface area contributed by atoms with Crippen molar-refractivity contribution >= 4 is 22.5 Å². The molecule has 2 aromatic carbocycles. The maximum atomic E-state index is 11.1. The van der Waals surface area contributed by atoms with Crippen LogP contribution in [0.5, 0.6) is 0 Å². The first kappa shape index (κ1) is 13.2. The molecule has 104 valence electrons. The lowest BCUT2D eigenvalue weighted by atomic mass is 10.1. The van der Waals surface area contributed by atoms with Crippen LogP contribution in [0.25, 0.3) is 22.2 Å². The first-order chi connectivity index (χ1) is 10.1. The number of para-hydroxylation sites is 1. The Kier molecular flexibility index (Phi) is 3.36. The number of fused-ring (bicyclic) bond motifs is 1. The van der Waals surface area contributed by atoms with Crippen LogP contribution in [0.15, 0.2) is 58.8 Å². The second-order valence-electron chi connectivity index (χ2n) is 4.98. The minimum absolute atomic E-state index is 0.310. The molecule has 4 nitrogen and oxygen atoms in total. The van der Waals surface area contributed by atoms with E-state index >= 15 is 0 Å². The zero-order valence-electron chi connectivity index (χ0n) is 11.9. The quantitative estimate of drug-likeness (QED) is 0.674. The van der Waals surface area contributed by atoms with E-state index in [1.807, 2.05) is 49.4 Å². The summed E-state index contributed by atoms with van der Waals surface area (Å²) < 4.78 is 0. The highest BCUT2D eigenvalue weighted by Gasteiger charge is 2.13. The standard InChI is InChI=1S/C17H15N3O/c1-11-6-5-7-13(10-11)16-17(20-19-12(2)21)14-8-3-4-9-15(14)18-16/h3-10,18H,1-2H3. The summed E-state index contributed by atoms with van der Waals surface area (Å²) >= 11 is 0. The Morgan fingerprint density at radius 3 is 2.67 bits per heavy atom. The number of carbonyl (C=O) groups excluding carboxylic acids is 1. The largest absolute Gasteiger partial charge is 0.353 e. The third-order valence-corrected chi connectivity index (χ3v) is 3.28. The lowest BCUT2D eigenvalue weighted by Crippen LogP contribution is -1.81. The van der Waals surface area contributed by atoms with Crippen LogP contribution < -0.4 is 0 Å². The molecule has 0 saturated carbocycles. The number of aryl methyl sites for hydroxylation is 1. The van der Waals surface area contributed by atoms with Crippen molar-refractivity contribution in [2.75, 3.05) is 0 Å². The molecule has 4 heteroatoms. The molecular weight excluding hydrogens is 262 g/mol. The van der Waals surface area contributed by atoms with Crippen LogP contribution in [0.2, 0.25) is 0 Å². The number of H-pyrrole nitrogens is 1. The highest BCUT2D eigenvalue weighted by molar-refractivity contribution is 5.99. The number of aromatic amines is 1. The topological polar surface area (TPSA) is 57.6 Å². The number of benzene rings is 2. The number of nitrogens with one attached hydrogen (secondary N) is 1. The highest BCUT2D eigenvalue weighted by Crippen LogP contribution is 2.37. The van der Waals surface area contributed by atoms with Gasteiger partial charge in [-0.15, -0.1) is 10.2 Å². The van der Waals surface area contributed by atoms with Gasteiger partial charge in [-0.05, 0) is 19.1 Å². The van der Waals surface area contributed by atoms with E-state index < -0.39 is 0 Å². The van der Waals surface area contributed by atoms with Crippen LogP contribution >= 0.6 is 0 Å². The number of carbonyl (C=O) groups is 1. The molecule has 1 amide bonds. The van der Waals surface area contributed by atoms with Crippen molar-refractivity contribution in [3.8, 4) is 11.3 Å². The van der Waals surface area contributed by atoms with Gasteiger partial charge in [-0.25, -0.2) is 0 Å². The fourth-order valence-electron chi connectivity index (χ4n) is 2.36. The molecular formula is C17H15N3O. The van der Waals surface area contributed by atoms with Crippen LogP contribution in [0.3, 0.4) is 0 Å². The maximum absolute atomic E-state index is 11.1. The Hall–Kier alpha value is -2.75. The number of nitrogens with zero attached hydrogens (tertiary/aromatic N) is 2. The van der Waals surface area contributed by atoms with Crippen molar-refractivity contribution in [2.45, 2.75) is 13.8 Å². The zero-order valence-corrected chi connectivity index (χ0v) is 11.9. The summed E-state index contributed by atoms with van der Waals surface area (Å²) in [4.78, 5) is 14.5. The van der Waals surface area contributed by atoms with Gasteiger partial charge in [0.2, 0.25) is 0 Å². The average Bonchev–Trinajstić information content (AvgIpc) is 2.84. The van der Waals surface area contributed by atoms with Gasteiger partial charge in [-0.2, -0.15) is 0 Å². The van der Waals surface area contributed by atoms with Crippen molar-refractivity contribution in [1.29, 1.82) is 0 Å². The fourth-order valence-corrected chi connectivity index (χ4v) is 2.36. The van der Waals surface area contributed by atoms with E-state index in [4.69, 9.17) is 0 Å². The second kappa shape index (κ2) is 5.32. The van der Waals surface area contributed by atoms with E-state index in [2.05, 4.69) is 21.3 Å². The van der Waals surface area contributed by atoms with E-state index in [0.29, 0.717) is 5.69 Å². The molecule has 0 radical (unpaired) electrons. The van der Waals surface area contributed by atoms with Crippen LogP contribution in [0.1, 0.15) is 12.5 Å². The van der Waals surface area contributed by atoms with E-state index in [-0.39, 0.29) is 5.91 Å². The summed E-state index contributed by atoms with van der Waals surface area (Å²) in [5.41, 5.74) is 4.76. The van der Waals surface area contributed by atoms with E-state index in [9.17, 15) is 4.79 Å². The number of rotatable bonds is 2. The number of hydrogen-bond donors (Lipinski definition) is 1. The molecule has 0 aliphatic carbocycles. The van der Waals surface area contributed by atoms with Crippen molar-refractivity contribution in [2.24, 2.45) is 10.2 Å². The van der Waals surface area contributed by atoms with E-state index in [1.54, 1.807) is 0 Å². The van der Waals surface area contributed by atoms with Gasteiger partial charge in [0.1, 0.15) is 5.69 Å². The molecule has 0 bridgehead atoms. The zero-order chi connectivity index (χ0) is 14.8. The van der Waals surface area contributed by atoms with Crippen molar-refractivity contribution < 1.29 is 4.79 Å². The Labute approximate surface area is 122 Å². The third kappa shape index (κ3) is 2.60. The lowest BCUT2D eigenvalue weighted by Gasteiger charge is -2.01. The van der Waals surface area contributed by atoms with Gasteiger partial charge >= 0.3 is 0 Å². The molecule has 1 heterocycles. The molecule has 0 fully saturated rings. The summed E-state index contributed by atoms with van der Waals surface area (Å²) in [7, 11) is 0. The maximum Gasteiger partial charge on any atom is 0.261 e. The number of amides is 1. The Bertz CT molecular complexity index is 846. The van der Waals surface area contributed by atoms with Crippen molar-refractivity contribution in [1.82, 2.24) is 4.98 Å². The summed E-state index contributed by atoms with van der Waals surface area (Å²) in [6, 6.07) is 16.0. The lowest BCUT2D eigenvalue weighted by molar-refractivity contribution is -0.116. The Balaban J connectivity index is 2.26. The van der Waals surface area contributed by atoms with Crippen LogP contribution in [0.4, 0.5) is 5.69 Å². The van der Waals surface area contributed by atoms with Crippen LogP contribution in [-0.4, -0.2) is 10.9 Å². The molecule has 0 spiro atoms. The monoisotopic (exact) mass is 277 g/mol. The van der Waals surface area contributed by atoms with Gasteiger partial charge in [0.15, 0.2) is 0 Å². The van der Waals surface area contributed by atoms with Crippen LogP contribution in [0, 0.1) is 6.92 Å². The predicted octanol–water partition coefficient (Wildman–Crippen LogP) is 4.77. The molecule has 0 aliphatic heterocycles. The third-order valence-electron chi connectivity index (χ3n) is 3.28. The van der Waals surface area contributed by atoms with Gasteiger partial charge in [-0.1, -0.05) is 42.0 Å². The number of hydrogen-bond acceptors (Lipinski definition) is 2. The average molecular weight is 277 g/mol. The van der Waals surface area contributed by atoms with Crippen molar-refractivity contribution in [3.63, 3.8) is 0 Å². The molecule has 3 aromatic rings. The molecule has 0 aliphatic rings. The number of azo groups is 1. The van der Waals surface area contributed by atoms with Gasteiger partial charge in [0.05, 0.1) is 5.69 Å². The van der Waals surface area contributed by atoms with Gasteiger partial charge in [0.25, 0.3) is 5.91 Å². The first-order valence-electron chi connectivity index (χ1n) is 6.75. The molecule has 1 aromatic heterocycles. The Morgan fingerprint density at radius 2 is 1.90 bits per heavy atom. The minimum Gasteiger partial charge on any atom is -0.353 e. The normalized spacial score (nSPS) is 11.3. The van der Waals surface area contributed by atoms with Gasteiger partial charge < -0.3 is 4.98 Å². The molecule has 3 rings (SSSR count). The summed E-state index contributed by atoms with van der Waals surface area (Å²) in [5, 5.41) is 8.79. The SMILES string of the molecule is CC(=O)N=Nc1c(-c2cccc(C)c2)[nH]c2ccccc12. The molecule has 1 N–H and O–H groups in total. The summed E-state index contributed by atoms with van der Waals surface area (Å²) in [5.74, 6) is -0.310. The Morgan fingerprint density at radius 1 is 1.10 bits per heavy atom. The van der Waals surface area contributed by atoms with Crippen LogP contribution in [-0.2, 0) is 4.79 Å². The second-order valence-corrected chi connectivity index (χ2v) is 4.98. The fraction of sp³-hybridized carbons (Fsp3) is 0.118. The molecule has 0 saturated heterocycles. The van der Waals surface area contributed by atoms with Crippen molar-refractivity contribution in [3.05, 3.63) is 54.1 Å². The molecule has 21 heavy (non-hydrogen) atoms. The highest BCUT2D eigenvalue weighted by atomic mass is 16.1. The smallest absolute Gasteiger partial charge is 0.261 e. The van der Waals surface area contributed by atoms with E-state index in [0.717, 1.165) is 22.2 Å². The summed E-state index contributed by atoms with van der Waals surface area (Å²) in [6.07, 6.45) is 0. The van der Waals surface area contributed by atoms with E-state index in [1.165, 1.54) is 12.5 Å². The van der Waals surface area contributed by atoms with Gasteiger partial charge in [0, 0.05) is 23.4 Å². The summed E-state index contributed by atoms with van der Waals surface area (Å²) in [6.45, 7) is 3.44. The number of aromatic nitrogens is 1.